The Balaban J connectivity index is 2.07. The van der Waals surface area contributed by atoms with Crippen LogP contribution in [0, 0.1) is 24.2 Å². The zero-order valence-electron chi connectivity index (χ0n) is 10.7. The van der Waals surface area contributed by atoms with E-state index in [4.69, 9.17) is 5.26 Å². The fourth-order valence-electron chi connectivity index (χ4n) is 2.26. The van der Waals surface area contributed by atoms with Gasteiger partial charge in [-0.05, 0) is 19.8 Å². The number of hydrogen-bond acceptors (Lipinski definition) is 5. The zero-order valence-corrected chi connectivity index (χ0v) is 11.5. The summed E-state index contributed by atoms with van der Waals surface area (Å²) in [5.74, 6) is -2.19. The van der Waals surface area contributed by atoms with Gasteiger partial charge in [0.25, 0.3) is 0 Å². The molecular weight excluding hydrogens is 262 g/mol. The second-order valence-electron chi connectivity index (χ2n) is 4.68. The molecule has 1 aliphatic rings. The fraction of sp³-hybridized carbons (Fsp3) is 0.538. The van der Waals surface area contributed by atoms with Gasteiger partial charge in [0.05, 0.1) is 22.2 Å². The van der Waals surface area contributed by atoms with Crippen molar-refractivity contribution in [1.29, 1.82) is 5.26 Å². The van der Waals surface area contributed by atoms with Gasteiger partial charge >= 0.3 is 0 Å². The summed E-state index contributed by atoms with van der Waals surface area (Å²) in [4.78, 5) is 28.5. The van der Waals surface area contributed by atoms with Gasteiger partial charge in [-0.1, -0.05) is 12.8 Å². The van der Waals surface area contributed by atoms with Crippen molar-refractivity contribution in [2.75, 3.05) is 0 Å². The van der Waals surface area contributed by atoms with Gasteiger partial charge in [0.1, 0.15) is 0 Å². The molecule has 1 aromatic heterocycles. The molecule has 1 saturated carbocycles. The normalized spacial score (nSPS) is 16.8. The first-order chi connectivity index (χ1) is 9.13. The number of carbonyl (C=O) groups excluding carboxylic acids is 2. The summed E-state index contributed by atoms with van der Waals surface area (Å²) < 4.78 is 0. The van der Waals surface area contributed by atoms with Gasteiger partial charge in [0.2, 0.25) is 11.7 Å². The van der Waals surface area contributed by atoms with E-state index < -0.39 is 17.6 Å². The second kappa shape index (κ2) is 5.93. The number of aryl methyl sites for hydroxylation is 1. The van der Waals surface area contributed by atoms with Crippen LogP contribution in [-0.2, 0) is 4.79 Å². The summed E-state index contributed by atoms with van der Waals surface area (Å²) in [6, 6.07) is 1.92. The molecule has 0 radical (unpaired) electrons. The Hall–Kier alpha value is -1.74. The van der Waals surface area contributed by atoms with Crippen LogP contribution in [0.3, 0.4) is 0 Å². The van der Waals surface area contributed by atoms with Gasteiger partial charge in [0, 0.05) is 6.04 Å². The lowest BCUT2D eigenvalue weighted by molar-refractivity contribution is -0.122. The van der Waals surface area contributed by atoms with Crippen molar-refractivity contribution < 1.29 is 9.59 Å². The summed E-state index contributed by atoms with van der Waals surface area (Å²) in [7, 11) is 0. The maximum Gasteiger partial charge on any atom is 0.245 e. The van der Waals surface area contributed by atoms with Crippen molar-refractivity contribution in [3.05, 3.63) is 16.1 Å². The number of hydrogen-bond donors (Lipinski definition) is 1. The number of carbonyl (C=O) groups is 2. The summed E-state index contributed by atoms with van der Waals surface area (Å²) >= 11 is 1.17. The highest BCUT2D eigenvalue weighted by Gasteiger charge is 2.31. The Morgan fingerprint density at radius 1 is 1.53 bits per heavy atom. The fourth-order valence-corrected chi connectivity index (χ4v) is 3.03. The van der Waals surface area contributed by atoms with Crippen LogP contribution in [0.5, 0.6) is 0 Å². The monoisotopic (exact) mass is 277 g/mol. The molecule has 1 amide bonds. The van der Waals surface area contributed by atoms with Crippen LogP contribution in [0.15, 0.2) is 5.51 Å². The molecule has 0 unspecified atom stereocenters. The van der Waals surface area contributed by atoms with E-state index in [2.05, 4.69) is 10.3 Å². The van der Waals surface area contributed by atoms with Crippen molar-refractivity contribution >= 4 is 23.0 Å². The predicted molar refractivity (Wildman–Crippen MR) is 70.7 cm³/mol. The molecule has 1 aromatic rings. The van der Waals surface area contributed by atoms with Crippen LogP contribution in [0.1, 0.15) is 41.0 Å². The molecule has 6 heteroatoms. The van der Waals surface area contributed by atoms with Gasteiger partial charge in [-0.2, -0.15) is 5.26 Å². The number of nitrogens with zero attached hydrogens (tertiary/aromatic N) is 2. The van der Waals surface area contributed by atoms with E-state index in [1.165, 1.54) is 11.3 Å². The number of aromatic nitrogens is 1. The Morgan fingerprint density at radius 3 is 2.74 bits per heavy atom. The number of nitrogens with one attached hydrogen (secondary N) is 1. The largest absolute Gasteiger partial charge is 0.352 e. The van der Waals surface area contributed by atoms with Crippen molar-refractivity contribution in [2.24, 2.45) is 5.92 Å². The van der Waals surface area contributed by atoms with Crippen molar-refractivity contribution in [3.63, 3.8) is 0 Å². The molecule has 5 nitrogen and oxygen atoms in total. The number of Topliss-reactive ketones (excluding diaryl/α,β-unsaturated/α-hetero) is 1. The maximum atomic E-state index is 12.2. The first-order valence-corrected chi connectivity index (χ1v) is 7.15. The Morgan fingerprint density at radius 2 is 2.21 bits per heavy atom. The smallest absolute Gasteiger partial charge is 0.245 e. The summed E-state index contributed by atoms with van der Waals surface area (Å²) in [6.07, 6.45) is 4.03. The third-order valence-electron chi connectivity index (χ3n) is 3.32. The summed E-state index contributed by atoms with van der Waals surface area (Å²) in [5.41, 5.74) is 2.12. The van der Waals surface area contributed by atoms with Crippen LogP contribution in [0.25, 0.3) is 0 Å². The van der Waals surface area contributed by atoms with E-state index >= 15 is 0 Å². The molecule has 0 aromatic carbocycles. The minimum Gasteiger partial charge on any atom is -0.352 e. The van der Waals surface area contributed by atoms with Crippen LogP contribution in [-0.4, -0.2) is 22.7 Å². The van der Waals surface area contributed by atoms with Gasteiger partial charge in [-0.25, -0.2) is 4.98 Å². The number of ketones is 1. The summed E-state index contributed by atoms with van der Waals surface area (Å²) in [5, 5.41) is 11.9. The average Bonchev–Trinajstić information content (AvgIpc) is 3.01. The first kappa shape index (κ1) is 13.7. The molecule has 1 fully saturated rings. The Bertz CT molecular complexity index is 526. The van der Waals surface area contributed by atoms with Gasteiger partial charge < -0.3 is 5.32 Å². The lowest BCUT2D eigenvalue weighted by Gasteiger charge is -2.14. The van der Waals surface area contributed by atoms with E-state index in [-0.39, 0.29) is 6.04 Å². The molecule has 0 spiro atoms. The number of thiazole rings is 1. The minimum absolute atomic E-state index is 0.110. The third kappa shape index (κ3) is 2.99. The average molecular weight is 277 g/mol. The minimum atomic E-state index is -1.26. The number of rotatable bonds is 4. The molecule has 100 valence electrons. The van der Waals surface area contributed by atoms with Crippen molar-refractivity contribution in [1.82, 2.24) is 10.3 Å². The van der Waals surface area contributed by atoms with Crippen molar-refractivity contribution in [2.45, 2.75) is 38.6 Å². The summed E-state index contributed by atoms with van der Waals surface area (Å²) in [6.45, 7) is 1.70. The van der Waals surface area contributed by atoms with Gasteiger partial charge in [-0.3, -0.25) is 9.59 Å². The third-order valence-corrected chi connectivity index (χ3v) is 4.27. The molecular formula is C13H15N3O2S. The maximum absolute atomic E-state index is 12.2. The highest BCUT2D eigenvalue weighted by Crippen LogP contribution is 2.20. The van der Waals surface area contributed by atoms with Crippen LogP contribution in [0.4, 0.5) is 0 Å². The first-order valence-electron chi connectivity index (χ1n) is 6.27. The highest BCUT2D eigenvalue weighted by molar-refractivity contribution is 7.12. The van der Waals surface area contributed by atoms with Gasteiger partial charge in [0.15, 0.2) is 5.92 Å². The van der Waals surface area contributed by atoms with Crippen LogP contribution >= 0.6 is 11.3 Å². The molecule has 2 rings (SSSR count). The Kier molecular flexibility index (Phi) is 4.27. The van der Waals surface area contributed by atoms with E-state index in [1.807, 2.05) is 6.07 Å². The van der Waals surface area contributed by atoms with E-state index in [0.29, 0.717) is 10.6 Å². The quantitative estimate of drug-likeness (QED) is 0.672. The molecule has 0 saturated heterocycles. The van der Waals surface area contributed by atoms with Crippen molar-refractivity contribution in [3.8, 4) is 6.07 Å². The lowest BCUT2D eigenvalue weighted by atomic mass is 10.0. The molecule has 1 atom stereocenters. The van der Waals surface area contributed by atoms with Gasteiger partial charge in [-0.15, -0.1) is 11.3 Å². The van der Waals surface area contributed by atoms with E-state index in [0.717, 1.165) is 25.7 Å². The molecule has 19 heavy (non-hydrogen) atoms. The lowest BCUT2D eigenvalue weighted by Crippen LogP contribution is -2.39. The zero-order chi connectivity index (χ0) is 13.8. The molecule has 1 N–H and O–H groups in total. The highest BCUT2D eigenvalue weighted by atomic mass is 32.1. The SMILES string of the molecule is Cc1ncsc1C(=O)[C@H](C#N)C(=O)NC1CCCC1. The standard InChI is InChI=1S/C13H15N3O2S/c1-8-12(19-7-15-8)11(17)10(6-14)13(18)16-9-4-2-3-5-9/h7,9-10H,2-5H2,1H3,(H,16,18)/t10-/m0/s1. The molecule has 1 heterocycles. The van der Waals surface area contributed by atoms with E-state index in [1.54, 1.807) is 12.4 Å². The topological polar surface area (TPSA) is 82.8 Å². The number of amides is 1. The molecule has 1 aliphatic carbocycles. The van der Waals surface area contributed by atoms with E-state index in [9.17, 15) is 9.59 Å². The van der Waals surface area contributed by atoms with Crippen LogP contribution in [0.2, 0.25) is 0 Å². The Labute approximate surface area is 115 Å². The number of nitriles is 1. The second-order valence-corrected chi connectivity index (χ2v) is 5.54. The predicted octanol–water partition coefficient (Wildman–Crippen LogP) is 1.83. The van der Waals surface area contributed by atoms with Crippen LogP contribution < -0.4 is 5.32 Å². The molecule has 0 aliphatic heterocycles. The molecule has 0 bridgehead atoms.